The van der Waals surface area contributed by atoms with Crippen molar-refractivity contribution in [3.05, 3.63) is 145 Å². The van der Waals surface area contributed by atoms with Crippen LogP contribution in [0.3, 0.4) is 0 Å². The normalized spacial score (nSPS) is 11.9. The number of rotatable bonds is 5. The van der Waals surface area contributed by atoms with Crippen molar-refractivity contribution in [2.45, 2.75) is 39.5 Å². The van der Waals surface area contributed by atoms with Gasteiger partial charge in [0, 0.05) is 22.2 Å². The molecule has 0 bridgehead atoms. The number of hydrogen-bond acceptors (Lipinski definition) is 2. The van der Waals surface area contributed by atoms with Crippen molar-refractivity contribution < 1.29 is 0 Å². The van der Waals surface area contributed by atoms with E-state index in [4.69, 9.17) is 9.97 Å². The number of hydrogen-bond donors (Lipinski definition) is 0. The van der Waals surface area contributed by atoms with Crippen LogP contribution in [0.5, 0.6) is 0 Å². The van der Waals surface area contributed by atoms with Crippen LogP contribution >= 0.6 is 0 Å². The monoisotopic (exact) mass is 592 g/mol. The van der Waals surface area contributed by atoms with E-state index in [1.54, 1.807) is 0 Å². The molecule has 0 N–H and O–H groups in total. The molecule has 0 aliphatic heterocycles. The zero-order chi connectivity index (χ0) is 31.4. The molecule has 2 heteroatoms. The van der Waals surface area contributed by atoms with E-state index in [2.05, 4.69) is 161 Å². The molecule has 0 saturated heterocycles. The maximum Gasteiger partial charge on any atom is 0.0974 e. The summed E-state index contributed by atoms with van der Waals surface area (Å²) in [6, 6.07) is 48.6. The summed E-state index contributed by atoms with van der Waals surface area (Å²) in [6.45, 7) is 8.82. The van der Waals surface area contributed by atoms with Gasteiger partial charge in [-0.3, -0.25) is 9.97 Å². The van der Waals surface area contributed by atoms with E-state index in [0.29, 0.717) is 11.8 Å². The highest BCUT2D eigenvalue weighted by atomic mass is 14.8. The van der Waals surface area contributed by atoms with Crippen LogP contribution in [0.2, 0.25) is 0 Å². The van der Waals surface area contributed by atoms with Gasteiger partial charge in [-0.25, -0.2) is 0 Å². The Morgan fingerprint density at radius 2 is 0.870 bits per heavy atom. The van der Waals surface area contributed by atoms with Crippen LogP contribution < -0.4 is 0 Å². The second kappa shape index (κ2) is 11.2. The highest BCUT2D eigenvalue weighted by Gasteiger charge is 2.18. The molecule has 0 amide bonds. The summed E-state index contributed by atoms with van der Waals surface area (Å²) in [5, 5.41) is 7.35. The van der Waals surface area contributed by atoms with Crippen LogP contribution in [0.15, 0.2) is 133 Å². The van der Waals surface area contributed by atoms with Gasteiger partial charge in [0.1, 0.15) is 0 Å². The predicted molar refractivity (Wildman–Crippen MR) is 197 cm³/mol. The van der Waals surface area contributed by atoms with Crippen molar-refractivity contribution in [3.8, 4) is 33.4 Å². The first kappa shape index (κ1) is 28.2. The van der Waals surface area contributed by atoms with Gasteiger partial charge < -0.3 is 0 Å². The van der Waals surface area contributed by atoms with Crippen LogP contribution in [0.4, 0.5) is 0 Å². The Bertz CT molecular complexity index is 2340. The number of nitrogens with zero attached hydrogens (tertiary/aromatic N) is 2. The first-order valence-electron chi connectivity index (χ1n) is 16.3. The molecule has 0 unspecified atom stereocenters. The molecule has 0 fully saturated rings. The number of pyridine rings is 2. The van der Waals surface area contributed by atoms with Gasteiger partial charge in [-0.1, -0.05) is 149 Å². The highest BCUT2D eigenvalue weighted by molar-refractivity contribution is 6.21. The van der Waals surface area contributed by atoms with Crippen molar-refractivity contribution in [1.82, 2.24) is 9.97 Å². The smallest absolute Gasteiger partial charge is 0.0974 e. The van der Waals surface area contributed by atoms with Crippen molar-refractivity contribution in [1.29, 1.82) is 0 Å². The number of fused-ring (bicyclic) bond motifs is 5. The zero-order valence-corrected chi connectivity index (χ0v) is 26.8. The molecule has 6 aromatic carbocycles. The molecule has 8 aromatic rings. The third-order valence-corrected chi connectivity index (χ3v) is 9.34. The topological polar surface area (TPSA) is 25.8 Å². The van der Waals surface area contributed by atoms with E-state index in [0.717, 1.165) is 33.2 Å². The fourth-order valence-electron chi connectivity index (χ4n) is 6.93. The Morgan fingerprint density at radius 1 is 0.391 bits per heavy atom. The average Bonchev–Trinajstić information content (AvgIpc) is 3.10. The molecule has 0 aliphatic rings. The largest absolute Gasteiger partial charge is 0.250 e. The molecule has 2 nitrogen and oxygen atoms in total. The maximum atomic E-state index is 5.19. The Morgan fingerprint density at radius 3 is 1.43 bits per heavy atom. The second-order valence-electron chi connectivity index (χ2n) is 13.0. The quantitative estimate of drug-likeness (QED) is 0.147. The lowest BCUT2D eigenvalue weighted by molar-refractivity contribution is 0.826. The molecule has 0 saturated carbocycles. The van der Waals surface area contributed by atoms with Crippen LogP contribution in [0.25, 0.3) is 76.7 Å². The summed E-state index contributed by atoms with van der Waals surface area (Å²) in [4.78, 5) is 10.3. The Hall–Kier alpha value is -5.34. The Labute approximate surface area is 270 Å². The summed E-state index contributed by atoms with van der Waals surface area (Å²) in [6.07, 6.45) is 0. The summed E-state index contributed by atoms with van der Waals surface area (Å²) < 4.78 is 0. The van der Waals surface area contributed by atoms with Crippen LogP contribution in [-0.2, 0) is 0 Å². The molecule has 0 aliphatic carbocycles. The van der Waals surface area contributed by atoms with Gasteiger partial charge in [0.2, 0.25) is 0 Å². The zero-order valence-electron chi connectivity index (χ0n) is 26.8. The number of aromatic nitrogens is 2. The lowest BCUT2D eigenvalue weighted by Gasteiger charge is -2.18. The Balaban J connectivity index is 1.34. The van der Waals surface area contributed by atoms with Crippen LogP contribution in [-0.4, -0.2) is 9.97 Å². The van der Waals surface area contributed by atoms with Gasteiger partial charge in [0.05, 0.1) is 11.0 Å². The van der Waals surface area contributed by atoms with Gasteiger partial charge in [-0.15, -0.1) is 0 Å². The molecule has 0 atom stereocenters. The molecular formula is C44H36N2. The molecule has 8 rings (SSSR count). The number of benzene rings is 6. The lowest BCUT2D eigenvalue weighted by atomic mass is 9.85. The van der Waals surface area contributed by atoms with E-state index < -0.39 is 0 Å². The van der Waals surface area contributed by atoms with Gasteiger partial charge in [-0.05, 0) is 78.9 Å². The van der Waals surface area contributed by atoms with Crippen molar-refractivity contribution in [3.63, 3.8) is 0 Å². The molecule has 2 aromatic heterocycles. The highest BCUT2D eigenvalue weighted by Crippen LogP contribution is 2.44. The summed E-state index contributed by atoms with van der Waals surface area (Å²) in [7, 11) is 0. The van der Waals surface area contributed by atoms with Crippen LogP contribution in [0.1, 0.15) is 50.9 Å². The minimum Gasteiger partial charge on any atom is -0.250 e. The lowest BCUT2D eigenvalue weighted by Crippen LogP contribution is -1.99. The first-order chi connectivity index (χ1) is 22.5. The first-order valence-corrected chi connectivity index (χ1v) is 16.3. The average molecular weight is 593 g/mol. The standard InChI is InChI=1S/C44H36N2/c1-27(2)39-25-23-32-22-24-37-38(26-40(28(3)4)46-44(37)43(32)45-39)29-18-20-31(21-19-29)42-35-16-10-8-14-33(35)41(30-12-6-5-7-13-30)34-15-9-11-17-36(34)42/h5-28H,1-4H3. The van der Waals surface area contributed by atoms with E-state index in [-0.39, 0.29) is 0 Å². The van der Waals surface area contributed by atoms with Gasteiger partial charge >= 0.3 is 0 Å². The summed E-state index contributed by atoms with van der Waals surface area (Å²) in [5.74, 6) is 0.653. The minimum absolute atomic E-state index is 0.298. The van der Waals surface area contributed by atoms with Crippen LogP contribution in [0, 0.1) is 0 Å². The van der Waals surface area contributed by atoms with E-state index >= 15 is 0 Å². The Kier molecular flexibility index (Phi) is 6.87. The maximum absolute atomic E-state index is 5.19. The van der Waals surface area contributed by atoms with Gasteiger partial charge in [-0.2, -0.15) is 0 Å². The van der Waals surface area contributed by atoms with Crippen molar-refractivity contribution in [2.24, 2.45) is 0 Å². The molecule has 0 spiro atoms. The molecular weight excluding hydrogens is 556 g/mol. The SMILES string of the molecule is CC(C)c1ccc2ccc3c(-c4ccc(-c5c6ccccc6c(-c6ccccc6)c6ccccc56)cc4)cc(C(C)C)nc3c2n1. The molecule has 222 valence electrons. The predicted octanol–water partition coefficient (Wildman–Crippen LogP) is 12.3. The van der Waals surface area contributed by atoms with E-state index in [9.17, 15) is 0 Å². The van der Waals surface area contributed by atoms with Gasteiger partial charge in [0.25, 0.3) is 0 Å². The molecule has 46 heavy (non-hydrogen) atoms. The fraction of sp³-hybridized carbons (Fsp3) is 0.136. The van der Waals surface area contributed by atoms with Gasteiger partial charge in [0.15, 0.2) is 0 Å². The summed E-state index contributed by atoms with van der Waals surface area (Å²) >= 11 is 0. The third-order valence-electron chi connectivity index (χ3n) is 9.34. The third kappa shape index (κ3) is 4.64. The summed E-state index contributed by atoms with van der Waals surface area (Å²) in [5.41, 5.74) is 11.6. The molecule has 2 heterocycles. The van der Waals surface area contributed by atoms with Crippen molar-refractivity contribution in [2.75, 3.05) is 0 Å². The second-order valence-corrected chi connectivity index (χ2v) is 13.0. The minimum atomic E-state index is 0.298. The van der Waals surface area contributed by atoms with E-state index in [1.807, 2.05) is 0 Å². The fourth-order valence-corrected chi connectivity index (χ4v) is 6.93. The molecule has 0 radical (unpaired) electrons. The van der Waals surface area contributed by atoms with E-state index in [1.165, 1.54) is 54.9 Å². The van der Waals surface area contributed by atoms with Crippen molar-refractivity contribution >= 4 is 43.4 Å².